The Morgan fingerprint density at radius 2 is 1.89 bits per heavy atom. The van der Waals surface area contributed by atoms with Crippen molar-refractivity contribution in [3.05, 3.63) is 53.8 Å². The van der Waals surface area contributed by atoms with Gasteiger partial charge in [0.15, 0.2) is 11.5 Å². The Kier molecular flexibility index (Phi) is 12.5. The van der Waals surface area contributed by atoms with Gasteiger partial charge in [-0.2, -0.15) is 0 Å². The second-order valence-corrected chi connectivity index (χ2v) is 9.20. The number of anilines is 1. The van der Waals surface area contributed by atoms with E-state index in [9.17, 15) is 14.3 Å². The molecule has 8 nitrogen and oxygen atoms in total. The van der Waals surface area contributed by atoms with Crippen molar-refractivity contribution in [3.8, 4) is 11.5 Å². The summed E-state index contributed by atoms with van der Waals surface area (Å²) in [5.74, 6) is 1.43. The molecule has 0 aliphatic heterocycles. The van der Waals surface area contributed by atoms with Gasteiger partial charge in [-0.05, 0) is 60.6 Å². The Labute approximate surface area is 213 Å². The minimum Gasteiger partial charge on any atom is -0.493 e. The monoisotopic (exact) mass is 505 g/mol. The molecule has 3 atom stereocenters. The van der Waals surface area contributed by atoms with Crippen LogP contribution in [-0.2, 0) is 11.2 Å². The van der Waals surface area contributed by atoms with E-state index in [4.69, 9.17) is 19.9 Å². The lowest BCUT2D eigenvalue weighted by atomic mass is 9.83. The number of carbonyl (C=O) groups is 1. The number of carbonyl (C=O) groups excluding carboxylic acids is 1. The highest BCUT2D eigenvalue weighted by Gasteiger charge is 2.23. The molecule has 0 aliphatic carbocycles. The van der Waals surface area contributed by atoms with E-state index in [1.54, 1.807) is 20.3 Å². The smallest absolute Gasteiger partial charge is 0.319 e. The van der Waals surface area contributed by atoms with E-state index in [2.05, 4.69) is 24.5 Å². The number of urea groups is 1. The van der Waals surface area contributed by atoms with E-state index in [-0.39, 0.29) is 12.5 Å². The molecule has 0 radical (unpaired) electrons. The van der Waals surface area contributed by atoms with E-state index in [0.29, 0.717) is 42.7 Å². The maximum Gasteiger partial charge on any atom is 0.319 e. The number of hydrogen-bond donors (Lipinski definition) is 4. The quantitative estimate of drug-likeness (QED) is 0.272. The van der Waals surface area contributed by atoms with Gasteiger partial charge >= 0.3 is 6.03 Å². The van der Waals surface area contributed by atoms with Gasteiger partial charge in [0.1, 0.15) is 5.82 Å². The van der Waals surface area contributed by atoms with Crippen molar-refractivity contribution >= 4 is 11.7 Å². The summed E-state index contributed by atoms with van der Waals surface area (Å²) >= 11 is 0. The maximum atomic E-state index is 13.3. The predicted octanol–water partition coefficient (Wildman–Crippen LogP) is 3.96. The van der Waals surface area contributed by atoms with Crippen LogP contribution in [0.25, 0.3) is 0 Å². The number of nitrogens with two attached hydrogens (primary N) is 1. The first-order chi connectivity index (χ1) is 17.2. The minimum absolute atomic E-state index is 0.0187. The summed E-state index contributed by atoms with van der Waals surface area (Å²) in [6.45, 7) is 5.38. The molecule has 3 unspecified atom stereocenters. The molecular formula is C27H40FN3O5. The first kappa shape index (κ1) is 29.4. The molecule has 2 rings (SSSR count). The molecule has 0 aliphatic rings. The Balaban J connectivity index is 1.91. The molecule has 2 aromatic rings. The van der Waals surface area contributed by atoms with Crippen LogP contribution in [0.15, 0.2) is 42.5 Å². The highest BCUT2D eigenvalue weighted by molar-refractivity contribution is 5.89. The first-order valence-electron chi connectivity index (χ1n) is 12.3. The Hall–Kier alpha value is -2.88. The molecule has 5 N–H and O–H groups in total. The van der Waals surface area contributed by atoms with Crippen molar-refractivity contribution in [2.45, 2.75) is 45.3 Å². The maximum absolute atomic E-state index is 13.3. The summed E-state index contributed by atoms with van der Waals surface area (Å²) in [7, 11) is 3.27. The molecule has 36 heavy (non-hydrogen) atoms. The first-order valence-corrected chi connectivity index (χ1v) is 12.3. The number of hydrogen-bond acceptors (Lipinski definition) is 6. The zero-order valence-electron chi connectivity index (χ0n) is 21.6. The van der Waals surface area contributed by atoms with Gasteiger partial charge in [-0.1, -0.05) is 26.0 Å². The summed E-state index contributed by atoms with van der Waals surface area (Å²) in [4.78, 5) is 12.1. The molecule has 0 saturated carbocycles. The largest absolute Gasteiger partial charge is 0.493 e. The average Bonchev–Trinajstić information content (AvgIpc) is 2.84. The van der Waals surface area contributed by atoms with Gasteiger partial charge < -0.3 is 35.7 Å². The lowest BCUT2D eigenvalue weighted by Crippen LogP contribution is -2.45. The topological polar surface area (TPSA) is 115 Å². The fraction of sp³-hybridized carbons (Fsp3) is 0.519. The molecule has 2 aromatic carbocycles. The number of aliphatic hydroxyl groups is 1. The van der Waals surface area contributed by atoms with Crippen molar-refractivity contribution in [2.75, 3.05) is 39.3 Å². The standard InChI is InChI=1S/C27H40FN3O5/c1-18(2)20(13-19-9-10-25(35-4)26(14-19)36-12-6-11-34-3)15-23(29)24(32)17-30-27(33)31-22-8-5-7-21(28)16-22/h5,7-10,14,16,18,20,23-24,32H,6,11-13,15,17,29H2,1-4H3,(H2,30,31,33). The van der Waals surface area contributed by atoms with Crippen LogP contribution in [-0.4, -0.2) is 57.3 Å². The van der Waals surface area contributed by atoms with E-state index in [0.717, 1.165) is 18.4 Å². The highest BCUT2D eigenvalue weighted by Crippen LogP contribution is 2.31. The van der Waals surface area contributed by atoms with Crippen LogP contribution in [0.4, 0.5) is 14.9 Å². The van der Waals surface area contributed by atoms with E-state index in [1.165, 1.54) is 18.2 Å². The summed E-state index contributed by atoms with van der Waals surface area (Å²) < 4.78 is 29.7. The summed E-state index contributed by atoms with van der Waals surface area (Å²) in [5, 5.41) is 15.7. The number of rotatable bonds is 15. The molecule has 0 aromatic heterocycles. The Bertz CT molecular complexity index is 943. The second-order valence-electron chi connectivity index (χ2n) is 9.20. The number of aliphatic hydroxyl groups excluding tert-OH is 1. The Morgan fingerprint density at radius 1 is 1.11 bits per heavy atom. The van der Waals surface area contributed by atoms with Crippen LogP contribution in [0.3, 0.4) is 0 Å². The number of ether oxygens (including phenoxy) is 3. The summed E-state index contributed by atoms with van der Waals surface area (Å²) in [6, 6.07) is 10.4. The molecule has 0 fully saturated rings. The van der Waals surface area contributed by atoms with Crippen LogP contribution < -0.4 is 25.8 Å². The van der Waals surface area contributed by atoms with Crippen molar-refractivity contribution in [3.63, 3.8) is 0 Å². The Morgan fingerprint density at radius 3 is 2.56 bits per heavy atom. The molecule has 0 bridgehead atoms. The molecule has 0 heterocycles. The van der Waals surface area contributed by atoms with Crippen LogP contribution in [0, 0.1) is 17.7 Å². The van der Waals surface area contributed by atoms with Gasteiger partial charge in [-0.15, -0.1) is 0 Å². The van der Waals surface area contributed by atoms with Gasteiger partial charge in [-0.3, -0.25) is 0 Å². The van der Waals surface area contributed by atoms with Crippen LogP contribution in [0.2, 0.25) is 0 Å². The third-order valence-electron chi connectivity index (χ3n) is 6.04. The zero-order valence-corrected chi connectivity index (χ0v) is 21.6. The summed E-state index contributed by atoms with van der Waals surface area (Å²) in [6.07, 6.45) is 1.17. The third-order valence-corrected chi connectivity index (χ3v) is 6.04. The second kappa shape index (κ2) is 15.3. The van der Waals surface area contributed by atoms with E-state index in [1.807, 2.05) is 18.2 Å². The fourth-order valence-electron chi connectivity index (χ4n) is 3.84. The third kappa shape index (κ3) is 10.0. The number of amides is 2. The molecule has 9 heteroatoms. The molecule has 0 spiro atoms. The van der Waals surface area contributed by atoms with Crippen molar-refractivity contribution in [2.24, 2.45) is 17.6 Å². The van der Waals surface area contributed by atoms with Crippen LogP contribution in [0.5, 0.6) is 11.5 Å². The molecule has 200 valence electrons. The number of methoxy groups -OCH3 is 2. The van der Waals surface area contributed by atoms with E-state index < -0.39 is 24.0 Å². The lowest BCUT2D eigenvalue weighted by molar-refractivity contribution is 0.126. The SMILES string of the molecule is COCCCOc1cc(CC(CC(N)C(O)CNC(=O)Nc2cccc(F)c2)C(C)C)ccc1OC. The summed E-state index contributed by atoms with van der Waals surface area (Å²) in [5.41, 5.74) is 7.73. The zero-order chi connectivity index (χ0) is 26.5. The van der Waals surface area contributed by atoms with Crippen molar-refractivity contribution < 1.29 is 28.5 Å². The van der Waals surface area contributed by atoms with Crippen LogP contribution in [0.1, 0.15) is 32.3 Å². The van der Waals surface area contributed by atoms with Gasteiger partial charge in [0, 0.05) is 38.4 Å². The molecule has 2 amide bonds. The van der Waals surface area contributed by atoms with Gasteiger partial charge in [-0.25, -0.2) is 9.18 Å². The average molecular weight is 506 g/mol. The lowest BCUT2D eigenvalue weighted by Gasteiger charge is -2.27. The molecule has 0 saturated heterocycles. The van der Waals surface area contributed by atoms with E-state index >= 15 is 0 Å². The molecular weight excluding hydrogens is 465 g/mol. The van der Waals surface area contributed by atoms with Crippen molar-refractivity contribution in [1.29, 1.82) is 0 Å². The minimum atomic E-state index is -0.931. The number of halogens is 1. The fourth-order valence-corrected chi connectivity index (χ4v) is 3.84. The highest BCUT2D eigenvalue weighted by atomic mass is 19.1. The van der Waals surface area contributed by atoms with Crippen molar-refractivity contribution in [1.82, 2.24) is 5.32 Å². The number of benzene rings is 2. The number of nitrogens with one attached hydrogen (secondary N) is 2. The van der Waals surface area contributed by atoms with Gasteiger partial charge in [0.05, 0.1) is 19.8 Å². The van der Waals surface area contributed by atoms with Gasteiger partial charge in [0.2, 0.25) is 0 Å². The predicted molar refractivity (Wildman–Crippen MR) is 139 cm³/mol. The van der Waals surface area contributed by atoms with Gasteiger partial charge in [0.25, 0.3) is 0 Å². The van der Waals surface area contributed by atoms with Crippen LogP contribution >= 0.6 is 0 Å². The normalized spacial score (nSPS) is 13.7.